The number of unbranched alkanes of at least 4 members (excludes halogenated alkanes) is 1. The molecule has 152 valence electrons. The van der Waals surface area contributed by atoms with Gasteiger partial charge in [0.2, 0.25) is 10.0 Å². The lowest BCUT2D eigenvalue weighted by atomic mass is 10.1. The highest BCUT2D eigenvalue weighted by molar-refractivity contribution is 7.89. The van der Waals surface area contributed by atoms with Gasteiger partial charge in [-0.3, -0.25) is 4.79 Å². The smallest absolute Gasteiger partial charge is 0.326 e. The van der Waals surface area contributed by atoms with Gasteiger partial charge in [-0.15, -0.1) is 0 Å². The molecule has 0 aliphatic carbocycles. The highest BCUT2D eigenvalue weighted by atomic mass is 32.2. The first-order chi connectivity index (χ1) is 13.3. The molecule has 0 bridgehead atoms. The Morgan fingerprint density at radius 1 is 1.07 bits per heavy atom. The maximum Gasteiger partial charge on any atom is 0.326 e. The van der Waals surface area contributed by atoms with Gasteiger partial charge in [0.15, 0.2) is 0 Å². The molecule has 28 heavy (non-hydrogen) atoms. The van der Waals surface area contributed by atoms with Gasteiger partial charge in [-0.25, -0.2) is 8.42 Å². The third-order valence-corrected chi connectivity index (χ3v) is 6.13. The average molecular weight is 407 g/mol. The number of nitrogens with zero attached hydrogens (tertiary/aromatic N) is 1. The molecule has 0 aromatic heterocycles. The molecule has 2 aromatic carbocycles. The topological polar surface area (TPSA) is 93.1 Å². The zero-order valence-electron chi connectivity index (χ0n) is 16.2. The lowest BCUT2D eigenvalue weighted by Crippen LogP contribution is -2.35. The maximum absolute atomic E-state index is 12.9. The summed E-state index contributed by atoms with van der Waals surface area (Å²) in [5, 5.41) is 9.64. The van der Waals surface area contributed by atoms with Gasteiger partial charge in [-0.2, -0.15) is 4.31 Å². The quantitative estimate of drug-likeness (QED) is 0.607. The molecular weight excluding hydrogens is 382 g/mol. The summed E-state index contributed by atoms with van der Waals surface area (Å²) in [6, 6.07) is 10.9. The van der Waals surface area contributed by atoms with Crippen LogP contribution in [0.25, 0.3) is 0 Å². The van der Waals surface area contributed by atoms with Crippen LogP contribution in [-0.4, -0.2) is 44.6 Å². The number of methoxy groups -OCH3 is 1. The summed E-state index contributed by atoms with van der Waals surface area (Å²) in [6.07, 6.45) is 1.91. The summed E-state index contributed by atoms with van der Waals surface area (Å²) in [4.78, 5) is 11.8. The molecule has 0 radical (unpaired) electrons. The van der Waals surface area contributed by atoms with E-state index in [1.165, 1.54) is 38.4 Å². The van der Waals surface area contributed by atoms with E-state index in [0.717, 1.165) is 17.1 Å². The normalized spacial score (nSPS) is 12.6. The summed E-state index contributed by atoms with van der Waals surface area (Å²) < 4.78 is 37.3. The van der Waals surface area contributed by atoms with E-state index in [1.807, 2.05) is 0 Å². The van der Waals surface area contributed by atoms with E-state index < -0.39 is 22.0 Å². The first-order valence-electron chi connectivity index (χ1n) is 8.89. The van der Waals surface area contributed by atoms with Crippen LogP contribution in [0.2, 0.25) is 0 Å². The number of benzene rings is 2. The standard InChI is InChI=1S/C20H25NO6S/c1-4-5-14-27-17-10-12-18(13-11-17)28(24,25)21(2)19(20(22)23)15-6-8-16(26-3)9-7-15/h6-13,19H,4-5,14H2,1-3H3,(H,22,23). The molecular formula is C20H25NO6S. The fraction of sp³-hybridized carbons (Fsp3) is 0.350. The van der Waals surface area contributed by atoms with Crippen molar-refractivity contribution in [2.24, 2.45) is 0 Å². The van der Waals surface area contributed by atoms with Gasteiger partial charge >= 0.3 is 5.97 Å². The van der Waals surface area contributed by atoms with Crippen molar-refractivity contribution in [1.82, 2.24) is 4.31 Å². The van der Waals surface area contributed by atoms with Gasteiger partial charge in [0.1, 0.15) is 17.5 Å². The Morgan fingerprint density at radius 3 is 2.14 bits per heavy atom. The number of rotatable bonds is 10. The van der Waals surface area contributed by atoms with Crippen LogP contribution in [0.5, 0.6) is 11.5 Å². The molecule has 0 aliphatic heterocycles. The van der Waals surface area contributed by atoms with Gasteiger partial charge in [-0.1, -0.05) is 25.5 Å². The number of carbonyl (C=O) groups is 1. The molecule has 0 saturated heterocycles. The highest BCUT2D eigenvalue weighted by Crippen LogP contribution is 2.28. The Bertz CT molecular complexity index is 878. The number of carboxylic acid groups (broad SMARTS) is 1. The maximum atomic E-state index is 12.9. The summed E-state index contributed by atoms with van der Waals surface area (Å²) >= 11 is 0. The minimum Gasteiger partial charge on any atom is -0.497 e. The SMILES string of the molecule is CCCCOc1ccc(S(=O)(=O)N(C)C(C(=O)O)c2ccc(OC)cc2)cc1. The molecule has 2 rings (SSSR count). The molecule has 0 fully saturated rings. The molecule has 2 aromatic rings. The number of carboxylic acids is 1. The van der Waals surface area contributed by atoms with Crippen LogP contribution in [0.4, 0.5) is 0 Å². The Balaban J connectivity index is 2.27. The van der Waals surface area contributed by atoms with Crippen LogP contribution in [0.15, 0.2) is 53.4 Å². The second-order valence-corrected chi connectivity index (χ2v) is 8.21. The van der Waals surface area contributed by atoms with Crippen LogP contribution < -0.4 is 9.47 Å². The molecule has 0 amide bonds. The van der Waals surface area contributed by atoms with E-state index in [1.54, 1.807) is 24.3 Å². The van der Waals surface area contributed by atoms with Crippen molar-refractivity contribution in [3.63, 3.8) is 0 Å². The van der Waals surface area contributed by atoms with Crippen molar-refractivity contribution in [3.05, 3.63) is 54.1 Å². The number of hydrogen-bond acceptors (Lipinski definition) is 5. The molecule has 1 atom stereocenters. The number of aliphatic carboxylic acids is 1. The Labute approximate surface area is 165 Å². The lowest BCUT2D eigenvalue weighted by molar-refractivity contribution is -0.141. The van der Waals surface area contributed by atoms with Crippen LogP contribution >= 0.6 is 0 Å². The van der Waals surface area contributed by atoms with Gasteiger partial charge in [0, 0.05) is 7.05 Å². The summed E-state index contributed by atoms with van der Waals surface area (Å²) in [6.45, 7) is 2.61. The highest BCUT2D eigenvalue weighted by Gasteiger charge is 2.34. The second kappa shape index (κ2) is 9.57. The number of ether oxygens (including phenoxy) is 2. The van der Waals surface area contributed by atoms with E-state index in [-0.39, 0.29) is 4.90 Å². The van der Waals surface area contributed by atoms with Crippen molar-refractivity contribution in [2.45, 2.75) is 30.7 Å². The van der Waals surface area contributed by atoms with Crippen LogP contribution in [0.3, 0.4) is 0 Å². The van der Waals surface area contributed by atoms with Gasteiger partial charge < -0.3 is 14.6 Å². The van der Waals surface area contributed by atoms with Crippen LogP contribution in [0, 0.1) is 0 Å². The number of sulfonamides is 1. The van der Waals surface area contributed by atoms with Crippen molar-refractivity contribution >= 4 is 16.0 Å². The first kappa shape index (κ1) is 21.7. The summed E-state index contributed by atoms with van der Waals surface area (Å²) in [7, 11) is -1.27. The van der Waals surface area contributed by atoms with E-state index in [0.29, 0.717) is 23.7 Å². The fourth-order valence-corrected chi connectivity index (χ4v) is 3.94. The third kappa shape index (κ3) is 5.02. The molecule has 0 heterocycles. The number of hydrogen-bond donors (Lipinski definition) is 1. The van der Waals surface area contributed by atoms with Gasteiger partial charge in [-0.05, 0) is 48.4 Å². The molecule has 0 aliphatic rings. The molecule has 7 nitrogen and oxygen atoms in total. The van der Waals surface area contributed by atoms with E-state index in [9.17, 15) is 18.3 Å². The van der Waals surface area contributed by atoms with Crippen molar-refractivity contribution in [1.29, 1.82) is 0 Å². The Kier molecular flexibility index (Phi) is 7.42. The third-order valence-electron chi connectivity index (χ3n) is 4.30. The molecule has 0 saturated carbocycles. The Hall–Kier alpha value is -2.58. The zero-order valence-corrected chi connectivity index (χ0v) is 17.0. The van der Waals surface area contributed by atoms with Gasteiger partial charge in [0.05, 0.1) is 18.6 Å². The minimum atomic E-state index is -4.02. The first-order valence-corrected chi connectivity index (χ1v) is 10.3. The van der Waals surface area contributed by atoms with Crippen molar-refractivity contribution in [2.75, 3.05) is 20.8 Å². The van der Waals surface area contributed by atoms with Crippen molar-refractivity contribution < 1.29 is 27.8 Å². The van der Waals surface area contributed by atoms with Crippen LogP contribution in [0.1, 0.15) is 31.4 Å². The predicted molar refractivity (Wildman–Crippen MR) is 105 cm³/mol. The molecule has 8 heteroatoms. The summed E-state index contributed by atoms with van der Waals surface area (Å²) in [5.41, 5.74) is 0.332. The van der Waals surface area contributed by atoms with E-state index >= 15 is 0 Å². The molecule has 1 N–H and O–H groups in total. The minimum absolute atomic E-state index is 0.00222. The Morgan fingerprint density at radius 2 is 1.64 bits per heavy atom. The average Bonchev–Trinajstić information content (AvgIpc) is 2.69. The molecule has 1 unspecified atom stereocenters. The van der Waals surface area contributed by atoms with E-state index in [2.05, 4.69) is 6.92 Å². The molecule has 0 spiro atoms. The summed E-state index contributed by atoms with van der Waals surface area (Å²) in [5.74, 6) is -0.146. The monoisotopic (exact) mass is 407 g/mol. The predicted octanol–water partition coefficient (Wildman–Crippen LogP) is 3.32. The van der Waals surface area contributed by atoms with Crippen LogP contribution in [-0.2, 0) is 14.8 Å². The fourth-order valence-electron chi connectivity index (χ4n) is 2.64. The van der Waals surface area contributed by atoms with Gasteiger partial charge in [0.25, 0.3) is 0 Å². The van der Waals surface area contributed by atoms with Crippen molar-refractivity contribution in [3.8, 4) is 11.5 Å². The number of likely N-dealkylation sites (N-methyl/N-ethyl adjacent to an activating group) is 1. The zero-order chi connectivity index (χ0) is 20.7. The lowest BCUT2D eigenvalue weighted by Gasteiger charge is -2.24. The second-order valence-electron chi connectivity index (χ2n) is 6.21. The van der Waals surface area contributed by atoms with E-state index in [4.69, 9.17) is 9.47 Å². The largest absolute Gasteiger partial charge is 0.497 e.